The summed E-state index contributed by atoms with van der Waals surface area (Å²) in [7, 11) is 0. The first-order valence-corrected chi connectivity index (χ1v) is 7.10. The molecule has 0 radical (unpaired) electrons. The molecule has 19 heavy (non-hydrogen) atoms. The summed E-state index contributed by atoms with van der Waals surface area (Å²) in [6, 6.07) is 0. The molecule has 0 saturated carbocycles. The molecule has 106 valence electrons. The Morgan fingerprint density at radius 3 is 2.84 bits per heavy atom. The number of nitrogens with zero attached hydrogens (tertiary/aromatic N) is 1. The van der Waals surface area contributed by atoms with Gasteiger partial charge in [0.15, 0.2) is 0 Å². The second kappa shape index (κ2) is 6.19. The van der Waals surface area contributed by atoms with Crippen LogP contribution in [0.25, 0.3) is 0 Å². The summed E-state index contributed by atoms with van der Waals surface area (Å²) in [6.45, 7) is 6.73. The first kappa shape index (κ1) is 14.1. The van der Waals surface area contributed by atoms with Gasteiger partial charge in [0.1, 0.15) is 0 Å². The molecule has 0 unspecified atom stereocenters. The van der Waals surface area contributed by atoms with E-state index < -0.39 is 0 Å². The van der Waals surface area contributed by atoms with Crippen LogP contribution in [0.4, 0.5) is 0 Å². The first-order valence-electron chi connectivity index (χ1n) is 7.10. The van der Waals surface area contributed by atoms with E-state index in [0.29, 0.717) is 0 Å². The van der Waals surface area contributed by atoms with Crippen LogP contribution in [-0.4, -0.2) is 35.7 Å². The lowest BCUT2D eigenvalue weighted by Gasteiger charge is -2.32. The summed E-state index contributed by atoms with van der Waals surface area (Å²) >= 11 is 0. The quantitative estimate of drug-likeness (QED) is 0.699. The smallest absolute Gasteiger partial charge is 0.226 e. The lowest BCUT2D eigenvalue weighted by Crippen LogP contribution is -2.46. The molecule has 1 aromatic rings. The number of rotatable bonds is 5. The van der Waals surface area contributed by atoms with Gasteiger partial charge in [0.2, 0.25) is 5.91 Å². The fourth-order valence-electron chi connectivity index (χ4n) is 2.53. The number of carbonyl (C=O) groups excluding carboxylic acids is 1. The van der Waals surface area contributed by atoms with Crippen LogP contribution >= 0.6 is 0 Å². The van der Waals surface area contributed by atoms with Crippen molar-refractivity contribution >= 4 is 5.91 Å². The van der Waals surface area contributed by atoms with Crippen LogP contribution in [0.1, 0.15) is 37.4 Å². The molecular formula is C14H24N4O. The number of hydrogen-bond donors (Lipinski definition) is 3. The molecule has 1 saturated heterocycles. The maximum absolute atomic E-state index is 12.2. The Kier molecular flexibility index (Phi) is 4.58. The zero-order valence-corrected chi connectivity index (χ0v) is 11.9. The number of aromatic nitrogens is 2. The summed E-state index contributed by atoms with van der Waals surface area (Å²) in [6.07, 6.45) is 5.64. The molecule has 0 spiro atoms. The van der Waals surface area contributed by atoms with Gasteiger partial charge < -0.3 is 10.6 Å². The molecule has 3 N–H and O–H groups in total. The topological polar surface area (TPSA) is 69.8 Å². The highest BCUT2D eigenvalue weighted by Gasteiger charge is 2.33. The molecule has 0 bridgehead atoms. The number of hydrogen-bond acceptors (Lipinski definition) is 3. The molecule has 1 amide bonds. The minimum absolute atomic E-state index is 0.184. The van der Waals surface area contributed by atoms with Gasteiger partial charge in [0.05, 0.1) is 6.20 Å². The standard InChI is InChI=1S/C14H24N4O/c1-11-12(10-17-18-11)4-3-7-16-13(19)14(2)5-8-15-9-6-14/h10,15H,3-9H2,1-2H3,(H,16,19)(H,17,18). The summed E-state index contributed by atoms with van der Waals surface area (Å²) in [4.78, 5) is 12.2. The van der Waals surface area contributed by atoms with Crippen LogP contribution < -0.4 is 10.6 Å². The van der Waals surface area contributed by atoms with Crippen molar-refractivity contribution in [1.82, 2.24) is 20.8 Å². The van der Waals surface area contributed by atoms with E-state index in [9.17, 15) is 4.79 Å². The number of aromatic amines is 1. The Morgan fingerprint density at radius 2 is 2.21 bits per heavy atom. The third-order valence-corrected chi connectivity index (χ3v) is 4.10. The highest BCUT2D eigenvalue weighted by molar-refractivity contribution is 5.82. The lowest BCUT2D eigenvalue weighted by atomic mass is 9.80. The van der Waals surface area contributed by atoms with Gasteiger partial charge in [0.25, 0.3) is 0 Å². The van der Waals surface area contributed by atoms with Gasteiger partial charge in [-0.15, -0.1) is 0 Å². The molecule has 5 nitrogen and oxygen atoms in total. The Morgan fingerprint density at radius 1 is 1.47 bits per heavy atom. The molecular weight excluding hydrogens is 240 g/mol. The third-order valence-electron chi connectivity index (χ3n) is 4.10. The number of piperidine rings is 1. The van der Waals surface area contributed by atoms with Gasteiger partial charge in [-0.25, -0.2) is 0 Å². The summed E-state index contributed by atoms with van der Waals surface area (Å²) in [5, 5.41) is 13.3. The van der Waals surface area contributed by atoms with E-state index in [1.54, 1.807) is 0 Å². The van der Waals surface area contributed by atoms with Gasteiger partial charge in [-0.3, -0.25) is 9.89 Å². The molecule has 1 aliphatic rings. The van der Waals surface area contributed by atoms with Crippen molar-refractivity contribution in [2.45, 2.75) is 39.5 Å². The zero-order valence-electron chi connectivity index (χ0n) is 11.9. The van der Waals surface area contributed by atoms with Crippen molar-refractivity contribution in [1.29, 1.82) is 0 Å². The molecule has 5 heteroatoms. The predicted molar refractivity (Wildman–Crippen MR) is 74.9 cm³/mol. The normalized spacial score (nSPS) is 18.2. The first-order chi connectivity index (χ1) is 9.12. The SMILES string of the molecule is Cc1[nH]ncc1CCCNC(=O)C1(C)CCNCC1. The van der Waals surface area contributed by atoms with Crippen LogP contribution in [0.3, 0.4) is 0 Å². The van der Waals surface area contributed by atoms with E-state index in [4.69, 9.17) is 0 Å². The highest BCUT2D eigenvalue weighted by Crippen LogP contribution is 2.27. The van der Waals surface area contributed by atoms with E-state index in [1.807, 2.05) is 13.1 Å². The van der Waals surface area contributed by atoms with E-state index in [-0.39, 0.29) is 11.3 Å². The van der Waals surface area contributed by atoms with Crippen molar-refractivity contribution in [2.24, 2.45) is 5.41 Å². The maximum Gasteiger partial charge on any atom is 0.226 e. The van der Waals surface area contributed by atoms with Crippen LogP contribution in [0.2, 0.25) is 0 Å². The van der Waals surface area contributed by atoms with Crippen molar-refractivity contribution in [3.05, 3.63) is 17.5 Å². The molecule has 0 atom stereocenters. The minimum atomic E-state index is -0.184. The fraction of sp³-hybridized carbons (Fsp3) is 0.714. The van der Waals surface area contributed by atoms with E-state index >= 15 is 0 Å². The maximum atomic E-state index is 12.2. The monoisotopic (exact) mass is 264 g/mol. The van der Waals surface area contributed by atoms with Gasteiger partial charge in [-0.2, -0.15) is 5.10 Å². The van der Waals surface area contributed by atoms with Crippen molar-refractivity contribution in [3.8, 4) is 0 Å². The van der Waals surface area contributed by atoms with Crippen LogP contribution in [0, 0.1) is 12.3 Å². The van der Waals surface area contributed by atoms with E-state index in [0.717, 1.165) is 51.0 Å². The Balaban J connectivity index is 1.70. The summed E-state index contributed by atoms with van der Waals surface area (Å²) in [5.41, 5.74) is 2.18. The Hall–Kier alpha value is -1.36. The Bertz CT molecular complexity index is 421. The zero-order chi connectivity index (χ0) is 13.7. The summed E-state index contributed by atoms with van der Waals surface area (Å²) < 4.78 is 0. The largest absolute Gasteiger partial charge is 0.356 e. The van der Waals surface area contributed by atoms with Gasteiger partial charge in [-0.1, -0.05) is 6.92 Å². The van der Waals surface area contributed by atoms with Crippen molar-refractivity contribution in [2.75, 3.05) is 19.6 Å². The molecule has 2 heterocycles. The minimum Gasteiger partial charge on any atom is -0.356 e. The Labute approximate surface area is 114 Å². The average Bonchev–Trinajstić information content (AvgIpc) is 2.81. The molecule has 0 aliphatic carbocycles. The van der Waals surface area contributed by atoms with Gasteiger partial charge in [-0.05, 0) is 51.3 Å². The van der Waals surface area contributed by atoms with Gasteiger partial charge >= 0.3 is 0 Å². The number of carbonyl (C=O) groups is 1. The molecule has 1 aromatic heterocycles. The average molecular weight is 264 g/mol. The molecule has 0 aromatic carbocycles. The number of nitrogens with one attached hydrogen (secondary N) is 3. The van der Waals surface area contributed by atoms with Crippen molar-refractivity contribution < 1.29 is 4.79 Å². The third kappa shape index (κ3) is 3.56. The van der Waals surface area contributed by atoms with E-state index in [1.165, 1.54) is 5.56 Å². The van der Waals surface area contributed by atoms with Gasteiger partial charge in [0, 0.05) is 17.7 Å². The van der Waals surface area contributed by atoms with E-state index in [2.05, 4.69) is 27.8 Å². The fourth-order valence-corrected chi connectivity index (χ4v) is 2.53. The molecule has 1 aliphatic heterocycles. The lowest BCUT2D eigenvalue weighted by molar-refractivity contribution is -0.131. The number of H-pyrrole nitrogens is 1. The predicted octanol–water partition coefficient (Wildman–Crippen LogP) is 1.16. The van der Waals surface area contributed by atoms with Crippen LogP contribution in [-0.2, 0) is 11.2 Å². The second-order valence-corrected chi connectivity index (χ2v) is 5.69. The summed E-state index contributed by atoms with van der Waals surface area (Å²) in [5.74, 6) is 0.206. The molecule has 1 fully saturated rings. The second-order valence-electron chi connectivity index (χ2n) is 5.69. The number of amides is 1. The highest BCUT2D eigenvalue weighted by atomic mass is 16.2. The van der Waals surface area contributed by atoms with Crippen LogP contribution in [0.15, 0.2) is 6.20 Å². The van der Waals surface area contributed by atoms with Crippen molar-refractivity contribution in [3.63, 3.8) is 0 Å². The molecule has 2 rings (SSSR count). The number of aryl methyl sites for hydroxylation is 2. The van der Waals surface area contributed by atoms with Crippen LogP contribution in [0.5, 0.6) is 0 Å².